The molecular formula is C16H12BrNO3S. The molecule has 2 aromatic rings. The van der Waals surface area contributed by atoms with Crippen molar-refractivity contribution < 1.29 is 14.3 Å². The highest BCUT2D eigenvalue weighted by atomic mass is 79.9. The minimum Gasteiger partial charge on any atom is -0.490 e. The van der Waals surface area contributed by atoms with Crippen LogP contribution in [0.1, 0.15) is 17.4 Å². The molecule has 0 aliphatic rings. The minimum atomic E-state index is -0.514. The molecule has 4 nitrogen and oxygen atoms in total. The highest BCUT2D eigenvalue weighted by Crippen LogP contribution is 2.37. The van der Waals surface area contributed by atoms with E-state index in [9.17, 15) is 4.79 Å². The van der Waals surface area contributed by atoms with Crippen LogP contribution in [-0.4, -0.2) is 12.6 Å². The number of esters is 1. The monoisotopic (exact) mass is 377 g/mol. The van der Waals surface area contributed by atoms with Gasteiger partial charge in [0.15, 0.2) is 11.5 Å². The third-order valence-corrected chi connectivity index (χ3v) is 3.99. The van der Waals surface area contributed by atoms with Crippen LogP contribution in [0.3, 0.4) is 0 Å². The van der Waals surface area contributed by atoms with Crippen molar-refractivity contribution in [1.29, 1.82) is 5.26 Å². The first-order chi connectivity index (χ1) is 10.6. The fraction of sp³-hybridized carbons (Fsp3) is 0.125. The van der Waals surface area contributed by atoms with E-state index >= 15 is 0 Å². The third kappa shape index (κ3) is 4.20. The predicted molar refractivity (Wildman–Crippen MR) is 89.0 cm³/mol. The fourth-order valence-corrected chi connectivity index (χ4v) is 2.81. The Balaban J connectivity index is 2.21. The number of thiophene rings is 1. The highest BCUT2D eigenvalue weighted by Gasteiger charge is 2.15. The maximum absolute atomic E-state index is 11.9. The molecule has 2 rings (SSSR count). The molecule has 0 bridgehead atoms. The Morgan fingerprint density at radius 1 is 1.50 bits per heavy atom. The summed E-state index contributed by atoms with van der Waals surface area (Å²) in [4.78, 5) is 12.9. The molecule has 1 heterocycles. The summed E-state index contributed by atoms with van der Waals surface area (Å²) in [7, 11) is 0. The van der Waals surface area contributed by atoms with Crippen molar-refractivity contribution in [3.63, 3.8) is 0 Å². The van der Waals surface area contributed by atoms with Gasteiger partial charge in [0.2, 0.25) is 0 Å². The Morgan fingerprint density at radius 3 is 2.95 bits per heavy atom. The second-order valence-electron chi connectivity index (χ2n) is 4.10. The minimum absolute atomic E-state index is 0.265. The van der Waals surface area contributed by atoms with Gasteiger partial charge in [-0.05, 0) is 46.4 Å². The molecule has 112 valence electrons. The molecule has 22 heavy (non-hydrogen) atoms. The maximum Gasteiger partial charge on any atom is 0.336 e. The van der Waals surface area contributed by atoms with Gasteiger partial charge in [-0.3, -0.25) is 0 Å². The van der Waals surface area contributed by atoms with E-state index in [0.717, 1.165) is 4.88 Å². The molecule has 0 saturated heterocycles. The second kappa shape index (κ2) is 7.78. The number of carbonyl (C=O) groups is 1. The zero-order valence-electron chi connectivity index (χ0n) is 11.7. The van der Waals surface area contributed by atoms with Crippen molar-refractivity contribution in [2.75, 3.05) is 6.61 Å². The quantitative estimate of drug-likeness (QED) is 0.440. The van der Waals surface area contributed by atoms with Crippen molar-refractivity contribution in [1.82, 2.24) is 0 Å². The summed E-state index contributed by atoms with van der Waals surface area (Å²) in [5.74, 6) is 0.104. The summed E-state index contributed by atoms with van der Waals surface area (Å²) < 4.78 is 11.2. The van der Waals surface area contributed by atoms with Gasteiger partial charge in [-0.2, -0.15) is 5.26 Å². The summed E-state index contributed by atoms with van der Waals surface area (Å²) in [6, 6.07) is 8.95. The van der Waals surface area contributed by atoms with Crippen molar-refractivity contribution in [3.05, 3.63) is 50.6 Å². The van der Waals surface area contributed by atoms with Crippen molar-refractivity contribution in [2.24, 2.45) is 0 Å². The SMILES string of the molecule is CCOc1cc(C#N)cc(Br)c1OC(=O)/C=C/c1cccs1. The Labute approximate surface area is 140 Å². The number of rotatable bonds is 5. The van der Waals surface area contributed by atoms with Gasteiger partial charge in [0.25, 0.3) is 0 Å². The summed E-state index contributed by atoms with van der Waals surface area (Å²) in [6.45, 7) is 2.21. The first kappa shape index (κ1) is 16.3. The van der Waals surface area contributed by atoms with Crippen LogP contribution in [0, 0.1) is 11.3 Å². The van der Waals surface area contributed by atoms with Gasteiger partial charge in [0, 0.05) is 17.0 Å². The largest absolute Gasteiger partial charge is 0.490 e. The smallest absolute Gasteiger partial charge is 0.336 e. The van der Waals surface area contributed by atoms with Crippen LogP contribution in [0.25, 0.3) is 6.08 Å². The van der Waals surface area contributed by atoms with E-state index in [1.807, 2.05) is 30.5 Å². The number of hydrogen-bond acceptors (Lipinski definition) is 5. The molecule has 1 aromatic heterocycles. The lowest BCUT2D eigenvalue weighted by Gasteiger charge is -2.11. The Morgan fingerprint density at radius 2 is 2.32 bits per heavy atom. The zero-order chi connectivity index (χ0) is 15.9. The molecule has 0 aliphatic heterocycles. The predicted octanol–water partition coefficient (Wildman–Crippen LogP) is 4.40. The van der Waals surface area contributed by atoms with Crippen LogP contribution in [0.5, 0.6) is 11.5 Å². The molecule has 0 fully saturated rings. The molecule has 0 spiro atoms. The lowest BCUT2D eigenvalue weighted by Crippen LogP contribution is -2.06. The molecule has 0 saturated carbocycles. The molecule has 0 unspecified atom stereocenters. The van der Waals surface area contributed by atoms with Crippen LogP contribution in [-0.2, 0) is 4.79 Å². The average molecular weight is 378 g/mol. The summed E-state index contributed by atoms with van der Waals surface area (Å²) in [6.07, 6.45) is 3.04. The standard InChI is InChI=1S/C16H12BrNO3S/c1-2-20-14-9-11(10-18)8-13(17)16(14)21-15(19)6-5-12-4-3-7-22-12/h3-9H,2H2,1H3/b6-5+. The van der Waals surface area contributed by atoms with Gasteiger partial charge in [-0.25, -0.2) is 4.79 Å². The van der Waals surface area contributed by atoms with Gasteiger partial charge in [-0.15, -0.1) is 11.3 Å². The molecule has 0 amide bonds. The maximum atomic E-state index is 11.9. The Kier molecular flexibility index (Phi) is 5.75. The highest BCUT2D eigenvalue weighted by molar-refractivity contribution is 9.10. The van der Waals surface area contributed by atoms with E-state index in [1.165, 1.54) is 17.4 Å². The molecular weight excluding hydrogens is 366 g/mol. The number of carbonyl (C=O) groups excluding carboxylic acids is 1. The van der Waals surface area contributed by atoms with Gasteiger partial charge in [0.1, 0.15) is 0 Å². The summed E-state index contributed by atoms with van der Waals surface area (Å²) >= 11 is 4.82. The molecule has 0 aliphatic carbocycles. The number of nitrogens with zero attached hydrogens (tertiary/aromatic N) is 1. The van der Waals surface area contributed by atoms with Gasteiger partial charge < -0.3 is 9.47 Å². The van der Waals surface area contributed by atoms with Gasteiger partial charge >= 0.3 is 5.97 Å². The average Bonchev–Trinajstić information content (AvgIpc) is 3.02. The normalized spacial score (nSPS) is 10.4. The third-order valence-electron chi connectivity index (χ3n) is 2.57. The molecule has 6 heteroatoms. The van der Waals surface area contributed by atoms with Crippen LogP contribution in [0.2, 0.25) is 0 Å². The Bertz CT molecular complexity index is 733. The van der Waals surface area contributed by atoms with Crippen molar-refractivity contribution >= 4 is 39.3 Å². The molecule has 0 radical (unpaired) electrons. The van der Waals surface area contributed by atoms with E-state index in [2.05, 4.69) is 15.9 Å². The van der Waals surface area contributed by atoms with Gasteiger partial charge in [-0.1, -0.05) is 6.07 Å². The number of ether oxygens (including phenoxy) is 2. The molecule has 0 N–H and O–H groups in total. The number of nitriles is 1. The van der Waals surface area contributed by atoms with Crippen molar-refractivity contribution in [2.45, 2.75) is 6.92 Å². The van der Waals surface area contributed by atoms with E-state index in [-0.39, 0.29) is 5.75 Å². The number of benzene rings is 1. The zero-order valence-corrected chi connectivity index (χ0v) is 14.1. The second-order valence-corrected chi connectivity index (χ2v) is 5.93. The van der Waals surface area contributed by atoms with Crippen LogP contribution in [0.15, 0.2) is 40.2 Å². The lowest BCUT2D eigenvalue weighted by molar-refractivity contribution is -0.129. The topological polar surface area (TPSA) is 59.3 Å². The van der Waals surface area contributed by atoms with Crippen molar-refractivity contribution in [3.8, 4) is 17.6 Å². The first-order valence-corrected chi connectivity index (χ1v) is 8.11. The fourth-order valence-electron chi connectivity index (χ4n) is 1.67. The van der Waals surface area contributed by atoms with E-state index in [1.54, 1.807) is 18.2 Å². The first-order valence-electron chi connectivity index (χ1n) is 6.44. The molecule has 1 aromatic carbocycles. The summed E-state index contributed by atoms with van der Waals surface area (Å²) in [5, 5.41) is 10.9. The summed E-state index contributed by atoms with van der Waals surface area (Å²) in [5.41, 5.74) is 0.421. The van der Waals surface area contributed by atoms with E-state index in [0.29, 0.717) is 22.4 Å². The van der Waals surface area contributed by atoms with Crippen LogP contribution < -0.4 is 9.47 Å². The lowest BCUT2D eigenvalue weighted by atomic mass is 10.2. The van der Waals surface area contributed by atoms with E-state index in [4.69, 9.17) is 14.7 Å². The number of hydrogen-bond donors (Lipinski definition) is 0. The van der Waals surface area contributed by atoms with Crippen LogP contribution in [0.4, 0.5) is 0 Å². The van der Waals surface area contributed by atoms with Gasteiger partial charge in [0.05, 0.1) is 22.7 Å². The Hall–Kier alpha value is -2.10. The number of halogens is 1. The van der Waals surface area contributed by atoms with E-state index < -0.39 is 5.97 Å². The van der Waals surface area contributed by atoms with Crippen LogP contribution >= 0.6 is 27.3 Å². The molecule has 0 atom stereocenters.